The molecule has 0 aromatic rings. The van der Waals surface area contributed by atoms with Crippen LogP contribution in [0.5, 0.6) is 0 Å². The monoisotopic (exact) mass is 269 g/mol. The van der Waals surface area contributed by atoms with Crippen LogP contribution in [0.1, 0.15) is 47.0 Å². The Balaban J connectivity index is 2.17. The lowest BCUT2D eigenvalue weighted by molar-refractivity contribution is -0.151. The number of carboxylic acid groups (broad SMARTS) is 1. The summed E-state index contributed by atoms with van der Waals surface area (Å²) in [6, 6.07) is 0. The maximum Gasteiger partial charge on any atom is 0.410 e. The van der Waals surface area contributed by atoms with E-state index in [0.29, 0.717) is 13.0 Å². The molecular formula is C14H23NO4. The fourth-order valence-corrected chi connectivity index (χ4v) is 3.24. The number of carbonyl (C=O) groups is 2. The van der Waals surface area contributed by atoms with Gasteiger partial charge in [0.15, 0.2) is 0 Å². The molecule has 5 nitrogen and oxygen atoms in total. The number of carboxylic acids is 1. The van der Waals surface area contributed by atoms with Crippen molar-refractivity contribution < 1.29 is 19.4 Å². The van der Waals surface area contributed by atoms with Gasteiger partial charge in [-0.2, -0.15) is 0 Å². The summed E-state index contributed by atoms with van der Waals surface area (Å²) in [6.45, 7) is 8.14. The van der Waals surface area contributed by atoms with E-state index in [0.717, 1.165) is 12.8 Å². The number of ether oxygens (including phenoxy) is 1. The van der Waals surface area contributed by atoms with Crippen LogP contribution in [0.4, 0.5) is 4.79 Å². The van der Waals surface area contributed by atoms with Gasteiger partial charge in [-0.25, -0.2) is 4.79 Å². The molecule has 1 N–H and O–H groups in total. The molecule has 1 amide bonds. The second-order valence-electron chi connectivity index (χ2n) is 6.86. The van der Waals surface area contributed by atoms with Gasteiger partial charge in [0.25, 0.3) is 0 Å². The first-order valence-corrected chi connectivity index (χ1v) is 6.87. The number of likely N-dealkylation sites (tertiary alicyclic amines) is 1. The molecule has 1 unspecified atom stereocenters. The van der Waals surface area contributed by atoms with Gasteiger partial charge in [0.05, 0.1) is 5.41 Å². The molecule has 2 aliphatic rings. The van der Waals surface area contributed by atoms with E-state index < -0.39 is 23.1 Å². The summed E-state index contributed by atoms with van der Waals surface area (Å²) in [6.07, 6.45) is 1.95. The number of nitrogens with zero attached hydrogens (tertiary/aromatic N) is 1. The highest BCUT2D eigenvalue weighted by Gasteiger charge is 2.68. The van der Waals surface area contributed by atoms with Crippen LogP contribution in [0.3, 0.4) is 0 Å². The Morgan fingerprint density at radius 1 is 1.26 bits per heavy atom. The normalized spacial score (nSPS) is 28.5. The smallest absolute Gasteiger partial charge is 0.410 e. The molecule has 0 aromatic heterocycles. The van der Waals surface area contributed by atoms with Crippen molar-refractivity contribution >= 4 is 12.1 Å². The molecule has 0 radical (unpaired) electrons. The zero-order valence-corrected chi connectivity index (χ0v) is 12.2. The van der Waals surface area contributed by atoms with Crippen molar-refractivity contribution in [2.75, 3.05) is 13.1 Å². The number of hydrogen-bond acceptors (Lipinski definition) is 3. The Hall–Kier alpha value is -1.26. The Kier molecular flexibility index (Phi) is 3.07. The van der Waals surface area contributed by atoms with E-state index in [1.165, 1.54) is 0 Å². The van der Waals surface area contributed by atoms with Gasteiger partial charge < -0.3 is 14.7 Å². The molecule has 108 valence electrons. The average molecular weight is 269 g/mol. The minimum absolute atomic E-state index is 0.218. The first-order chi connectivity index (χ1) is 8.66. The summed E-state index contributed by atoms with van der Waals surface area (Å²) in [5, 5.41) is 9.59. The fraction of sp³-hybridized carbons (Fsp3) is 0.857. The topological polar surface area (TPSA) is 66.8 Å². The molecular weight excluding hydrogens is 246 g/mol. The SMILES string of the molecule is CCC1(C(=O)O)CN(C(=O)OC(C)(C)C)CC12CC2. The van der Waals surface area contributed by atoms with E-state index in [2.05, 4.69) is 0 Å². The Morgan fingerprint density at radius 3 is 2.16 bits per heavy atom. The van der Waals surface area contributed by atoms with E-state index in [4.69, 9.17) is 4.74 Å². The van der Waals surface area contributed by atoms with E-state index in [1.54, 1.807) is 4.90 Å². The lowest BCUT2D eigenvalue weighted by Gasteiger charge is -2.28. The van der Waals surface area contributed by atoms with Gasteiger partial charge >= 0.3 is 12.1 Å². The molecule has 1 heterocycles. The van der Waals surface area contributed by atoms with Crippen molar-refractivity contribution in [3.63, 3.8) is 0 Å². The minimum Gasteiger partial charge on any atom is -0.481 e. The molecule has 19 heavy (non-hydrogen) atoms. The van der Waals surface area contributed by atoms with Crippen molar-refractivity contribution in [3.8, 4) is 0 Å². The van der Waals surface area contributed by atoms with Gasteiger partial charge in [-0.3, -0.25) is 4.79 Å². The zero-order chi connectivity index (χ0) is 14.5. The van der Waals surface area contributed by atoms with Crippen LogP contribution in [0.15, 0.2) is 0 Å². The molecule has 0 aromatic carbocycles. The summed E-state index contributed by atoms with van der Waals surface area (Å²) in [5.41, 5.74) is -1.55. The molecule has 1 saturated heterocycles. The molecule has 1 atom stereocenters. The number of aliphatic carboxylic acids is 1. The summed E-state index contributed by atoms with van der Waals surface area (Å²) in [4.78, 5) is 25.4. The lowest BCUT2D eigenvalue weighted by atomic mass is 9.73. The molecule has 2 fully saturated rings. The van der Waals surface area contributed by atoms with E-state index in [1.807, 2.05) is 27.7 Å². The van der Waals surface area contributed by atoms with Crippen LogP contribution in [-0.4, -0.2) is 40.8 Å². The highest BCUT2D eigenvalue weighted by Crippen LogP contribution is 2.64. The molecule has 1 saturated carbocycles. The third-order valence-electron chi connectivity index (χ3n) is 4.49. The molecule has 5 heteroatoms. The predicted octanol–water partition coefficient (Wildman–Crippen LogP) is 2.50. The number of rotatable bonds is 2. The van der Waals surface area contributed by atoms with Crippen molar-refractivity contribution in [1.29, 1.82) is 0 Å². The van der Waals surface area contributed by atoms with Gasteiger partial charge in [0.1, 0.15) is 5.60 Å². The minimum atomic E-state index is -0.788. The third-order valence-corrected chi connectivity index (χ3v) is 4.49. The summed E-state index contributed by atoms with van der Waals surface area (Å²) in [7, 11) is 0. The van der Waals surface area contributed by atoms with Crippen LogP contribution in [0, 0.1) is 10.8 Å². The van der Waals surface area contributed by atoms with Gasteiger partial charge in [-0.15, -0.1) is 0 Å². The van der Waals surface area contributed by atoms with Crippen molar-refractivity contribution in [2.45, 2.75) is 52.6 Å². The predicted molar refractivity (Wildman–Crippen MR) is 69.8 cm³/mol. The number of carbonyl (C=O) groups excluding carboxylic acids is 1. The van der Waals surface area contributed by atoms with Gasteiger partial charge in [0, 0.05) is 18.5 Å². The summed E-state index contributed by atoms with van der Waals surface area (Å²) < 4.78 is 5.35. The highest BCUT2D eigenvalue weighted by molar-refractivity contribution is 5.80. The van der Waals surface area contributed by atoms with E-state index in [-0.39, 0.29) is 12.0 Å². The van der Waals surface area contributed by atoms with E-state index in [9.17, 15) is 14.7 Å². The average Bonchev–Trinajstić information content (AvgIpc) is 2.91. The van der Waals surface area contributed by atoms with Gasteiger partial charge in [0.2, 0.25) is 0 Å². The molecule has 2 rings (SSSR count). The number of amides is 1. The quantitative estimate of drug-likeness (QED) is 0.836. The molecule has 0 bridgehead atoms. The third kappa shape index (κ3) is 2.19. The maximum atomic E-state index is 12.1. The largest absolute Gasteiger partial charge is 0.481 e. The van der Waals surface area contributed by atoms with Crippen LogP contribution in [0.25, 0.3) is 0 Å². The van der Waals surface area contributed by atoms with Crippen LogP contribution < -0.4 is 0 Å². The van der Waals surface area contributed by atoms with Crippen LogP contribution in [0.2, 0.25) is 0 Å². The van der Waals surface area contributed by atoms with Crippen LogP contribution >= 0.6 is 0 Å². The summed E-state index contributed by atoms with van der Waals surface area (Å²) in [5.74, 6) is -0.779. The molecule has 1 aliphatic heterocycles. The van der Waals surface area contributed by atoms with Crippen molar-refractivity contribution in [3.05, 3.63) is 0 Å². The second kappa shape index (κ2) is 4.12. The van der Waals surface area contributed by atoms with Crippen molar-refractivity contribution in [1.82, 2.24) is 4.90 Å². The van der Waals surface area contributed by atoms with E-state index >= 15 is 0 Å². The lowest BCUT2D eigenvalue weighted by Crippen LogP contribution is -2.41. The number of hydrogen-bond donors (Lipinski definition) is 1. The van der Waals surface area contributed by atoms with Crippen molar-refractivity contribution in [2.24, 2.45) is 10.8 Å². The van der Waals surface area contributed by atoms with Gasteiger partial charge in [-0.1, -0.05) is 6.92 Å². The second-order valence-corrected chi connectivity index (χ2v) is 6.86. The fourth-order valence-electron chi connectivity index (χ4n) is 3.24. The first kappa shape index (κ1) is 14.2. The zero-order valence-electron chi connectivity index (χ0n) is 12.2. The standard InChI is InChI=1S/C14H23NO4/c1-5-14(10(16)17)9-15(8-13(14)6-7-13)11(18)19-12(2,3)4/h5-9H2,1-4H3,(H,16,17). The Labute approximate surface area is 113 Å². The maximum absolute atomic E-state index is 12.1. The Morgan fingerprint density at radius 2 is 1.84 bits per heavy atom. The highest BCUT2D eigenvalue weighted by atomic mass is 16.6. The van der Waals surface area contributed by atoms with Crippen LogP contribution in [-0.2, 0) is 9.53 Å². The summed E-state index contributed by atoms with van der Waals surface area (Å²) >= 11 is 0. The first-order valence-electron chi connectivity index (χ1n) is 6.87. The van der Waals surface area contributed by atoms with Gasteiger partial charge in [-0.05, 0) is 40.0 Å². The molecule has 1 spiro atoms. The Bertz CT molecular complexity index is 408. The molecule has 1 aliphatic carbocycles.